The molecule has 0 unspecified atom stereocenters. The number of nitrogens with one attached hydrogen (secondary N) is 1. The van der Waals surface area contributed by atoms with Crippen LogP contribution in [-0.2, 0) is 4.79 Å². The molecule has 1 aliphatic carbocycles. The van der Waals surface area contributed by atoms with Gasteiger partial charge in [-0.25, -0.2) is 0 Å². The molecule has 15 heavy (non-hydrogen) atoms. The first-order valence-corrected chi connectivity index (χ1v) is 5.32. The van der Waals surface area contributed by atoms with Crippen LogP contribution in [0.3, 0.4) is 0 Å². The molecule has 80 valence electrons. The highest BCUT2D eigenvalue weighted by molar-refractivity contribution is 5.81. The molecule has 1 fully saturated rings. The zero-order chi connectivity index (χ0) is 10.7. The number of para-hydroxylation sites is 1. The largest absolute Gasteiger partial charge is 0.376 e. The van der Waals surface area contributed by atoms with Gasteiger partial charge in [-0.15, -0.1) is 0 Å². The summed E-state index contributed by atoms with van der Waals surface area (Å²) >= 11 is 0. The van der Waals surface area contributed by atoms with Crippen molar-refractivity contribution in [2.24, 2.45) is 0 Å². The van der Waals surface area contributed by atoms with Gasteiger partial charge in [0.15, 0.2) is 0 Å². The van der Waals surface area contributed by atoms with Gasteiger partial charge in [0, 0.05) is 18.8 Å². The second kappa shape index (κ2) is 4.34. The van der Waals surface area contributed by atoms with E-state index in [-0.39, 0.29) is 5.91 Å². The molecule has 3 nitrogen and oxygen atoms in total. The van der Waals surface area contributed by atoms with Crippen LogP contribution < -0.4 is 5.32 Å². The van der Waals surface area contributed by atoms with Crippen molar-refractivity contribution in [3.05, 3.63) is 30.3 Å². The molecule has 0 spiro atoms. The summed E-state index contributed by atoms with van der Waals surface area (Å²) in [4.78, 5) is 13.5. The van der Waals surface area contributed by atoms with Crippen LogP contribution in [0.4, 0.5) is 5.69 Å². The zero-order valence-electron chi connectivity index (χ0n) is 8.94. The van der Waals surface area contributed by atoms with E-state index < -0.39 is 0 Å². The molecule has 1 aromatic carbocycles. The van der Waals surface area contributed by atoms with Crippen LogP contribution in [0.2, 0.25) is 0 Å². The molecule has 0 aromatic heterocycles. The third-order valence-electron chi connectivity index (χ3n) is 2.71. The van der Waals surface area contributed by atoms with E-state index in [9.17, 15) is 4.79 Å². The molecule has 0 aliphatic heterocycles. The van der Waals surface area contributed by atoms with Crippen LogP contribution in [0.25, 0.3) is 0 Å². The average molecular weight is 204 g/mol. The minimum Gasteiger partial charge on any atom is -0.376 e. The normalized spacial score (nSPS) is 14.7. The summed E-state index contributed by atoms with van der Waals surface area (Å²) in [6.45, 7) is 0.386. The van der Waals surface area contributed by atoms with Crippen molar-refractivity contribution >= 4 is 11.6 Å². The van der Waals surface area contributed by atoms with Gasteiger partial charge in [0.2, 0.25) is 5.91 Å². The fourth-order valence-electron chi connectivity index (χ4n) is 1.52. The minimum absolute atomic E-state index is 0.168. The third kappa shape index (κ3) is 2.72. The predicted molar refractivity (Wildman–Crippen MR) is 60.7 cm³/mol. The maximum Gasteiger partial charge on any atom is 0.241 e. The third-order valence-corrected chi connectivity index (χ3v) is 2.71. The van der Waals surface area contributed by atoms with Gasteiger partial charge in [0.05, 0.1) is 6.54 Å². The Kier molecular flexibility index (Phi) is 2.90. The van der Waals surface area contributed by atoms with E-state index in [1.807, 2.05) is 42.3 Å². The van der Waals surface area contributed by atoms with Gasteiger partial charge in [0.25, 0.3) is 0 Å². The zero-order valence-corrected chi connectivity index (χ0v) is 8.94. The molecule has 0 radical (unpaired) electrons. The van der Waals surface area contributed by atoms with Gasteiger partial charge in [-0.2, -0.15) is 0 Å². The topological polar surface area (TPSA) is 32.3 Å². The number of hydrogen-bond donors (Lipinski definition) is 1. The summed E-state index contributed by atoms with van der Waals surface area (Å²) in [6, 6.07) is 10.3. The van der Waals surface area contributed by atoms with Crippen LogP contribution in [0.1, 0.15) is 12.8 Å². The van der Waals surface area contributed by atoms with Crippen molar-refractivity contribution in [1.29, 1.82) is 0 Å². The lowest BCUT2D eigenvalue weighted by Gasteiger charge is -2.16. The standard InChI is InChI=1S/C12H16N2O/c1-14(11-7-8-11)12(15)9-13-10-5-3-2-4-6-10/h2-6,11,13H,7-9H2,1H3. The number of hydrogen-bond acceptors (Lipinski definition) is 2. The van der Waals surface area contributed by atoms with E-state index in [1.165, 1.54) is 0 Å². The number of nitrogens with zero attached hydrogens (tertiary/aromatic N) is 1. The lowest BCUT2D eigenvalue weighted by atomic mass is 10.3. The highest BCUT2D eigenvalue weighted by Gasteiger charge is 2.28. The molecule has 0 atom stereocenters. The average Bonchev–Trinajstić information content (AvgIpc) is 3.10. The first-order chi connectivity index (χ1) is 7.27. The summed E-state index contributed by atoms with van der Waals surface area (Å²) in [5.41, 5.74) is 0.995. The second-order valence-corrected chi connectivity index (χ2v) is 3.96. The number of likely N-dealkylation sites (N-methyl/N-ethyl adjacent to an activating group) is 1. The van der Waals surface area contributed by atoms with Gasteiger partial charge < -0.3 is 10.2 Å². The maximum absolute atomic E-state index is 11.7. The Morgan fingerprint density at radius 3 is 2.67 bits per heavy atom. The number of benzene rings is 1. The Hall–Kier alpha value is -1.51. The summed E-state index contributed by atoms with van der Waals surface area (Å²) < 4.78 is 0. The first-order valence-electron chi connectivity index (χ1n) is 5.32. The lowest BCUT2D eigenvalue weighted by Crippen LogP contribution is -2.33. The number of amides is 1. The Balaban J connectivity index is 1.80. The Bertz CT molecular complexity index is 333. The van der Waals surface area contributed by atoms with Crippen molar-refractivity contribution in [3.8, 4) is 0 Å². The van der Waals surface area contributed by atoms with Crippen molar-refractivity contribution in [2.75, 3.05) is 18.9 Å². The Morgan fingerprint density at radius 1 is 1.40 bits per heavy atom. The summed E-state index contributed by atoms with van der Waals surface area (Å²) in [6.07, 6.45) is 2.32. The Morgan fingerprint density at radius 2 is 2.07 bits per heavy atom. The Labute approximate surface area is 90.1 Å². The van der Waals surface area contributed by atoms with E-state index >= 15 is 0 Å². The summed E-state index contributed by atoms with van der Waals surface area (Å²) in [5.74, 6) is 0.168. The SMILES string of the molecule is CN(C(=O)CNc1ccccc1)C1CC1. The van der Waals surface area contributed by atoms with Gasteiger partial charge >= 0.3 is 0 Å². The van der Waals surface area contributed by atoms with Crippen molar-refractivity contribution in [1.82, 2.24) is 4.90 Å². The molecule has 1 aliphatic rings. The van der Waals surface area contributed by atoms with Crippen LogP contribution in [0, 0.1) is 0 Å². The summed E-state index contributed by atoms with van der Waals surface area (Å²) in [7, 11) is 1.88. The maximum atomic E-state index is 11.7. The van der Waals surface area contributed by atoms with Gasteiger partial charge in [-0.3, -0.25) is 4.79 Å². The molecule has 1 amide bonds. The van der Waals surface area contributed by atoms with Crippen LogP contribution >= 0.6 is 0 Å². The molecule has 1 N–H and O–H groups in total. The molecule has 2 rings (SSSR count). The van der Waals surface area contributed by atoms with Gasteiger partial charge in [-0.1, -0.05) is 18.2 Å². The number of carbonyl (C=O) groups is 1. The molecule has 1 aromatic rings. The minimum atomic E-state index is 0.168. The smallest absolute Gasteiger partial charge is 0.241 e. The van der Waals surface area contributed by atoms with Crippen LogP contribution in [0.15, 0.2) is 30.3 Å². The lowest BCUT2D eigenvalue weighted by molar-refractivity contribution is -0.128. The van der Waals surface area contributed by atoms with Gasteiger partial charge in [-0.05, 0) is 25.0 Å². The first kappa shape index (κ1) is 10.0. The molecule has 0 bridgehead atoms. The monoisotopic (exact) mass is 204 g/mol. The fraction of sp³-hybridized carbons (Fsp3) is 0.417. The van der Waals surface area contributed by atoms with Crippen molar-refractivity contribution in [3.63, 3.8) is 0 Å². The predicted octanol–water partition coefficient (Wildman–Crippen LogP) is 1.72. The molecule has 1 saturated carbocycles. The quantitative estimate of drug-likeness (QED) is 0.810. The van der Waals surface area contributed by atoms with Crippen molar-refractivity contribution < 1.29 is 4.79 Å². The van der Waals surface area contributed by atoms with Gasteiger partial charge in [0.1, 0.15) is 0 Å². The highest BCUT2D eigenvalue weighted by Crippen LogP contribution is 2.25. The molecule has 3 heteroatoms. The van der Waals surface area contributed by atoms with E-state index in [2.05, 4.69) is 5.32 Å². The van der Waals surface area contributed by atoms with E-state index in [0.29, 0.717) is 12.6 Å². The molecule has 0 saturated heterocycles. The number of rotatable bonds is 4. The highest BCUT2D eigenvalue weighted by atomic mass is 16.2. The second-order valence-electron chi connectivity index (χ2n) is 3.96. The fourth-order valence-corrected chi connectivity index (χ4v) is 1.52. The summed E-state index contributed by atoms with van der Waals surface area (Å²) in [5, 5.41) is 3.12. The van der Waals surface area contributed by atoms with Crippen LogP contribution in [0.5, 0.6) is 0 Å². The van der Waals surface area contributed by atoms with Crippen LogP contribution in [-0.4, -0.2) is 30.4 Å². The van der Waals surface area contributed by atoms with Crippen molar-refractivity contribution in [2.45, 2.75) is 18.9 Å². The molecular formula is C12H16N2O. The number of anilines is 1. The molecule has 0 heterocycles. The van der Waals surface area contributed by atoms with E-state index in [0.717, 1.165) is 18.5 Å². The number of carbonyl (C=O) groups excluding carboxylic acids is 1. The van der Waals surface area contributed by atoms with E-state index in [1.54, 1.807) is 0 Å². The molecular weight excluding hydrogens is 188 g/mol. The van der Waals surface area contributed by atoms with E-state index in [4.69, 9.17) is 0 Å².